The van der Waals surface area contributed by atoms with Crippen LogP contribution in [-0.4, -0.2) is 75.6 Å². The van der Waals surface area contributed by atoms with Crippen LogP contribution in [0, 0.1) is 17.5 Å². The summed E-state index contributed by atoms with van der Waals surface area (Å²) >= 11 is 0. The van der Waals surface area contributed by atoms with Crippen LogP contribution in [0.3, 0.4) is 0 Å². The fourth-order valence-corrected chi connectivity index (χ4v) is 5.52. The number of halogens is 3. The first-order valence-corrected chi connectivity index (χ1v) is 12.4. The number of aromatic nitrogens is 4. The number of rotatable bonds is 8. The summed E-state index contributed by atoms with van der Waals surface area (Å²) in [5, 5.41) is 33.1. The molecule has 0 bridgehead atoms. The predicted molar refractivity (Wildman–Crippen MR) is 124 cm³/mol. The van der Waals surface area contributed by atoms with E-state index in [0.717, 1.165) is 37.8 Å². The van der Waals surface area contributed by atoms with Crippen LogP contribution in [0.5, 0.6) is 0 Å². The van der Waals surface area contributed by atoms with Gasteiger partial charge in [0.1, 0.15) is 47.1 Å². The molecule has 0 amide bonds. The van der Waals surface area contributed by atoms with Crippen LogP contribution in [0.25, 0.3) is 11.3 Å². The van der Waals surface area contributed by atoms with Crippen LogP contribution in [0.1, 0.15) is 43.2 Å². The first-order valence-electron chi connectivity index (χ1n) is 12.4. The van der Waals surface area contributed by atoms with Gasteiger partial charge < -0.3 is 28.9 Å². The fourth-order valence-electron chi connectivity index (χ4n) is 5.52. The summed E-state index contributed by atoms with van der Waals surface area (Å²) in [4.78, 5) is 0. The SMILES string of the molecule is CO[C@@H]1[C@@H](n2cc(-c3cc(F)c(F)c(F)c3)nn2)[C@@H](O)[C@@H](CO)O[C@@H]1Cc1cc(C2(OC)CCCC2)no1. The highest BCUT2D eigenvalue weighted by atomic mass is 19.2. The molecule has 206 valence electrons. The third-order valence-electron chi connectivity index (χ3n) is 7.56. The Morgan fingerprint density at radius 2 is 1.82 bits per heavy atom. The third-order valence-corrected chi connectivity index (χ3v) is 7.56. The Bertz CT molecular complexity index is 1240. The van der Waals surface area contributed by atoms with Gasteiger partial charge in [0.15, 0.2) is 17.5 Å². The van der Waals surface area contributed by atoms with Gasteiger partial charge in [0.25, 0.3) is 0 Å². The molecule has 10 nitrogen and oxygen atoms in total. The molecule has 2 N–H and O–H groups in total. The van der Waals surface area contributed by atoms with Crippen LogP contribution < -0.4 is 0 Å². The Balaban J connectivity index is 1.42. The van der Waals surface area contributed by atoms with Crippen molar-refractivity contribution in [1.29, 1.82) is 0 Å². The van der Waals surface area contributed by atoms with Gasteiger partial charge in [-0.05, 0) is 25.0 Å². The molecule has 2 fully saturated rings. The quantitative estimate of drug-likeness (QED) is 0.417. The van der Waals surface area contributed by atoms with Crippen LogP contribution in [0.2, 0.25) is 0 Å². The van der Waals surface area contributed by atoms with Crippen LogP contribution >= 0.6 is 0 Å². The zero-order chi connectivity index (χ0) is 27.0. The maximum Gasteiger partial charge on any atom is 0.194 e. The number of aliphatic hydroxyl groups is 2. The second-order valence-corrected chi connectivity index (χ2v) is 9.70. The zero-order valence-electron chi connectivity index (χ0n) is 20.9. The van der Waals surface area contributed by atoms with E-state index < -0.39 is 60.1 Å². The van der Waals surface area contributed by atoms with E-state index in [9.17, 15) is 23.4 Å². The van der Waals surface area contributed by atoms with E-state index in [-0.39, 0.29) is 17.7 Å². The maximum absolute atomic E-state index is 13.8. The molecule has 5 atom stereocenters. The molecule has 1 saturated heterocycles. The van der Waals surface area contributed by atoms with E-state index >= 15 is 0 Å². The van der Waals surface area contributed by atoms with Crippen LogP contribution in [0.4, 0.5) is 13.2 Å². The average molecular weight is 539 g/mol. The highest BCUT2D eigenvalue weighted by Crippen LogP contribution is 2.42. The van der Waals surface area contributed by atoms with Gasteiger partial charge in [-0.15, -0.1) is 5.10 Å². The van der Waals surface area contributed by atoms with Crippen molar-refractivity contribution in [1.82, 2.24) is 20.2 Å². The summed E-state index contributed by atoms with van der Waals surface area (Å²) in [5.41, 5.74) is 0.229. The summed E-state index contributed by atoms with van der Waals surface area (Å²) < 4.78 is 65.3. The summed E-state index contributed by atoms with van der Waals surface area (Å²) in [7, 11) is 3.09. The molecule has 1 aliphatic carbocycles. The minimum Gasteiger partial charge on any atom is -0.394 e. The number of ether oxygens (including phenoxy) is 3. The number of hydrogen-bond acceptors (Lipinski definition) is 9. The van der Waals surface area contributed by atoms with Crippen molar-refractivity contribution in [2.24, 2.45) is 0 Å². The molecule has 3 heterocycles. The van der Waals surface area contributed by atoms with Crippen molar-refractivity contribution in [3.05, 3.63) is 53.3 Å². The second kappa shape index (κ2) is 10.7. The maximum atomic E-state index is 13.8. The van der Waals surface area contributed by atoms with Crippen LogP contribution in [-0.2, 0) is 26.2 Å². The van der Waals surface area contributed by atoms with Crippen molar-refractivity contribution in [3.8, 4) is 11.3 Å². The first kappa shape index (κ1) is 26.8. The highest BCUT2D eigenvalue weighted by molar-refractivity contribution is 5.57. The Hall–Kier alpha value is -2.84. The molecule has 1 aromatic carbocycles. The van der Waals surface area contributed by atoms with Crippen molar-refractivity contribution in [2.75, 3.05) is 20.8 Å². The molecule has 1 aliphatic heterocycles. The molecule has 0 spiro atoms. The standard InChI is InChI=1S/C25H29F3N4O6/c1-35-24-18(9-14-10-20(30-38-14)25(36-2)5-3-4-6-25)37-19(12-33)23(34)22(24)32-11-17(29-31-32)13-7-15(26)21(28)16(27)8-13/h7-8,10-11,18-19,22-24,33-34H,3-6,9,12H2,1-2H3/t18-,19-,22+,23+,24+/m1/s1. The molecule has 0 unspecified atom stereocenters. The van der Waals surface area contributed by atoms with Crippen molar-refractivity contribution < 1.29 is 42.1 Å². The molecule has 13 heteroatoms. The molecule has 2 aromatic heterocycles. The molecule has 2 aliphatic rings. The topological polar surface area (TPSA) is 125 Å². The smallest absolute Gasteiger partial charge is 0.194 e. The van der Waals surface area contributed by atoms with Gasteiger partial charge in [-0.1, -0.05) is 23.2 Å². The molecule has 38 heavy (non-hydrogen) atoms. The lowest BCUT2D eigenvalue weighted by molar-refractivity contribution is -0.212. The molecular formula is C25H29F3N4O6. The summed E-state index contributed by atoms with van der Waals surface area (Å²) in [5.74, 6) is -3.81. The Kier molecular flexibility index (Phi) is 7.56. The average Bonchev–Trinajstić information content (AvgIpc) is 3.69. The highest BCUT2D eigenvalue weighted by Gasteiger charge is 2.48. The van der Waals surface area contributed by atoms with Gasteiger partial charge in [-0.3, -0.25) is 0 Å². The van der Waals surface area contributed by atoms with E-state index in [2.05, 4.69) is 15.5 Å². The Labute approximate surface area is 216 Å². The Morgan fingerprint density at radius 1 is 1.11 bits per heavy atom. The number of methoxy groups -OCH3 is 2. The number of nitrogens with zero attached hydrogens (tertiary/aromatic N) is 4. The van der Waals surface area contributed by atoms with Gasteiger partial charge in [-0.2, -0.15) is 0 Å². The largest absolute Gasteiger partial charge is 0.394 e. The predicted octanol–water partition coefficient (Wildman–Crippen LogP) is 2.69. The van der Waals surface area contributed by atoms with E-state index in [1.54, 1.807) is 7.11 Å². The van der Waals surface area contributed by atoms with Crippen LogP contribution in [0.15, 0.2) is 28.9 Å². The normalized spacial score (nSPS) is 27.2. The lowest BCUT2D eigenvalue weighted by Crippen LogP contribution is -2.57. The van der Waals surface area contributed by atoms with Crippen molar-refractivity contribution in [3.63, 3.8) is 0 Å². The van der Waals surface area contributed by atoms with E-state index in [4.69, 9.17) is 18.7 Å². The van der Waals surface area contributed by atoms with Crippen molar-refractivity contribution >= 4 is 0 Å². The summed E-state index contributed by atoms with van der Waals surface area (Å²) in [6.45, 7) is -0.491. The minimum absolute atomic E-state index is 0.0356. The summed E-state index contributed by atoms with van der Waals surface area (Å²) in [6.07, 6.45) is 1.57. The number of hydrogen-bond donors (Lipinski definition) is 2. The van der Waals surface area contributed by atoms with Crippen molar-refractivity contribution in [2.45, 2.75) is 68.2 Å². The van der Waals surface area contributed by atoms with Gasteiger partial charge in [-0.25, -0.2) is 17.9 Å². The minimum atomic E-state index is -1.59. The van der Waals surface area contributed by atoms with Gasteiger partial charge in [0.2, 0.25) is 0 Å². The third kappa shape index (κ3) is 4.73. The molecule has 5 rings (SSSR count). The van der Waals surface area contributed by atoms with Gasteiger partial charge in [0, 0.05) is 32.3 Å². The van der Waals surface area contributed by atoms with Gasteiger partial charge in [0.05, 0.1) is 18.9 Å². The molecular weight excluding hydrogens is 509 g/mol. The fraction of sp³-hybridized carbons (Fsp3) is 0.560. The monoisotopic (exact) mass is 538 g/mol. The second-order valence-electron chi connectivity index (χ2n) is 9.70. The zero-order valence-corrected chi connectivity index (χ0v) is 20.9. The molecule has 0 radical (unpaired) electrons. The van der Waals surface area contributed by atoms with Gasteiger partial charge >= 0.3 is 0 Å². The molecule has 1 saturated carbocycles. The summed E-state index contributed by atoms with van der Waals surface area (Å²) in [6, 6.07) is 2.54. The molecule has 3 aromatic rings. The number of benzene rings is 1. The Morgan fingerprint density at radius 3 is 2.45 bits per heavy atom. The van der Waals surface area contributed by atoms with E-state index in [0.29, 0.717) is 11.5 Å². The lowest BCUT2D eigenvalue weighted by atomic mass is 9.90. The van der Waals surface area contributed by atoms with E-state index in [1.807, 2.05) is 6.07 Å². The van der Waals surface area contributed by atoms with E-state index in [1.165, 1.54) is 18.0 Å². The lowest BCUT2D eigenvalue weighted by Gasteiger charge is -2.43. The number of aliphatic hydroxyl groups excluding tert-OH is 2. The first-order chi connectivity index (χ1) is 18.3.